The van der Waals surface area contributed by atoms with E-state index in [0.717, 1.165) is 24.6 Å². The summed E-state index contributed by atoms with van der Waals surface area (Å²) in [5.74, 6) is 0.745. The molecule has 1 aromatic rings. The highest BCUT2D eigenvalue weighted by atomic mass is 16.5. The second-order valence-electron chi connectivity index (χ2n) is 7.05. The Morgan fingerprint density at radius 2 is 2.08 bits per heavy atom. The molecule has 0 amide bonds. The average Bonchev–Trinajstić information content (AvgIpc) is 2.80. The average molecular weight is 351 g/mol. The van der Waals surface area contributed by atoms with Crippen molar-refractivity contribution in [3.05, 3.63) is 17.0 Å². The van der Waals surface area contributed by atoms with Crippen LogP contribution in [-0.2, 0) is 18.2 Å². The standard InChI is InChI=1S/C18H33N5O2/c1-6-19-17(20-12-18(24)7-9-25-10-8-18)21-13(2)11-16-14(3)22-23(5)15(16)4/h13,24H,6-12H2,1-5H3,(H2,19,20,21). The number of rotatable bonds is 6. The maximum absolute atomic E-state index is 10.6. The molecular weight excluding hydrogens is 318 g/mol. The second-order valence-corrected chi connectivity index (χ2v) is 7.05. The molecule has 2 rings (SSSR count). The lowest BCUT2D eigenvalue weighted by atomic mass is 9.95. The molecule has 0 aromatic carbocycles. The van der Waals surface area contributed by atoms with E-state index in [-0.39, 0.29) is 6.04 Å². The van der Waals surface area contributed by atoms with Crippen LogP contribution in [0.1, 0.15) is 43.6 Å². The number of nitrogens with zero attached hydrogens (tertiary/aromatic N) is 3. The lowest BCUT2D eigenvalue weighted by molar-refractivity contribution is -0.0566. The molecule has 3 N–H and O–H groups in total. The summed E-state index contributed by atoms with van der Waals surface area (Å²) in [5.41, 5.74) is 2.80. The van der Waals surface area contributed by atoms with Crippen molar-refractivity contribution >= 4 is 5.96 Å². The van der Waals surface area contributed by atoms with Gasteiger partial charge in [-0.15, -0.1) is 0 Å². The van der Waals surface area contributed by atoms with E-state index in [4.69, 9.17) is 4.74 Å². The number of aliphatic hydroxyl groups is 1. The van der Waals surface area contributed by atoms with Gasteiger partial charge in [-0.2, -0.15) is 5.10 Å². The summed E-state index contributed by atoms with van der Waals surface area (Å²) >= 11 is 0. The number of ether oxygens (including phenoxy) is 1. The van der Waals surface area contributed by atoms with Gasteiger partial charge < -0.3 is 20.5 Å². The van der Waals surface area contributed by atoms with Crippen LogP contribution in [0.4, 0.5) is 0 Å². The number of hydrogen-bond donors (Lipinski definition) is 3. The number of hydrogen-bond acceptors (Lipinski definition) is 4. The summed E-state index contributed by atoms with van der Waals surface area (Å²) in [5, 5.41) is 21.8. The molecule has 142 valence electrons. The van der Waals surface area contributed by atoms with Crippen LogP contribution in [0.2, 0.25) is 0 Å². The Balaban J connectivity index is 1.98. The van der Waals surface area contributed by atoms with E-state index >= 15 is 0 Å². The Morgan fingerprint density at radius 1 is 1.40 bits per heavy atom. The quantitative estimate of drug-likeness (QED) is 0.527. The largest absolute Gasteiger partial charge is 0.388 e. The van der Waals surface area contributed by atoms with Gasteiger partial charge in [0, 0.05) is 51.4 Å². The third-order valence-electron chi connectivity index (χ3n) is 4.85. The molecule has 0 radical (unpaired) electrons. The summed E-state index contributed by atoms with van der Waals surface area (Å²) in [6.45, 7) is 10.7. The van der Waals surface area contributed by atoms with Gasteiger partial charge in [-0.3, -0.25) is 9.67 Å². The number of guanidine groups is 1. The molecule has 0 spiro atoms. The first-order chi connectivity index (χ1) is 11.8. The molecule has 1 aliphatic heterocycles. The van der Waals surface area contributed by atoms with E-state index in [1.807, 2.05) is 18.7 Å². The fourth-order valence-electron chi connectivity index (χ4n) is 3.16. The first-order valence-corrected chi connectivity index (χ1v) is 9.18. The summed E-state index contributed by atoms with van der Waals surface area (Å²) in [6.07, 6.45) is 2.16. The zero-order valence-corrected chi connectivity index (χ0v) is 16.2. The van der Waals surface area contributed by atoms with E-state index in [1.54, 1.807) is 0 Å². The highest BCUT2D eigenvalue weighted by Crippen LogP contribution is 2.20. The molecule has 25 heavy (non-hydrogen) atoms. The number of aryl methyl sites for hydroxylation is 2. The van der Waals surface area contributed by atoms with Crippen LogP contribution in [0, 0.1) is 13.8 Å². The van der Waals surface area contributed by atoms with E-state index in [0.29, 0.717) is 32.6 Å². The van der Waals surface area contributed by atoms with Crippen LogP contribution in [-0.4, -0.2) is 58.8 Å². The minimum absolute atomic E-state index is 0.212. The Kier molecular flexibility index (Phi) is 6.84. The molecule has 0 bridgehead atoms. The zero-order valence-electron chi connectivity index (χ0n) is 16.2. The molecule has 1 saturated heterocycles. The van der Waals surface area contributed by atoms with Crippen molar-refractivity contribution in [3.8, 4) is 0 Å². The van der Waals surface area contributed by atoms with Crippen molar-refractivity contribution in [2.75, 3.05) is 26.3 Å². The molecular formula is C18H33N5O2. The van der Waals surface area contributed by atoms with Crippen molar-refractivity contribution in [3.63, 3.8) is 0 Å². The minimum atomic E-state index is -0.750. The predicted molar refractivity (Wildman–Crippen MR) is 100.0 cm³/mol. The van der Waals surface area contributed by atoms with Crippen molar-refractivity contribution < 1.29 is 9.84 Å². The number of nitrogens with one attached hydrogen (secondary N) is 2. The molecule has 1 unspecified atom stereocenters. The van der Waals surface area contributed by atoms with E-state index < -0.39 is 5.60 Å². The fourth-order valence-corrected chi connectivity index (χ4v) is 3.16. The van der Waals surface area contributed by atoms with Gasteiger partial charge in [0.05, 0.1) is 17.8 Å². The van der Waals surface area contributed by atoms with Gasteiger partial charge in [0.2, 0.25) is 0 Å². The first-order valence-electron chi connectivity index (χ1n) is 9.18. The maximum atomic E-state index is 10.6. The van der Waals surface area contributed by atoms with Crippen molar-refractivity contribution in [1.29, 1.82) is 0 Å². The van der Waals surface area contributed by atoms with Gasteiger partial charge in [-0.1, -0.05) is 0 Å². The Hall–Kier alpha value is -1.60. The molecule has 0 saturated carbocycles. The van der Waals surface area contributed by atoms with E-state index in [2.05, 4.69) is 41.5 Å². The van der Waals surface area contributed by atoms with Crippen molar-refractivity contribution in [2.24, 2.45) is 12.0 Å². The smallest absolute Gasteiger partial charge is 0.191 e. The highest BCUT2D eigenvalue weighted by Gasteiger charge is 2.29. The third-order valence-corrected chi connectivity index (χ3v) is 4.85. The van der Waals surface area contributed by atoms with Crippen LogP contribution in [0.3, 0.4) is 0 Å². The lowest BCUT2D eigenvalue weighted by Gasteiger charge is -2.30. The van der Waals surface area contributed by atoms with Gasteiger partial charge in [-0.25, -0.2) is 0 Å². The van der Waals surface area contributed by atoms with E-state index in [1.165, 1.54) is 11.3 Å². The molecule has 2 heterocycles. The normalized spacial score (nSPS) is 18.9. The van der Waals surface area contributed by atoms with Crippen LogP contribution >= 0.6 is 0 Å². The minimum Gasteiger partial charge on any atom is -0.388 e. The summed E-state index contributed by atoms with van der Waals surface area (Å²) in [7, 11) is 1.98. The Morgan fingerprint density at radius 3 is 2.64 bits per heavy atom. The number of aliphatic imine (C=N–C) groups is 1. The fraction of sp³-hybridized carbons (Fsp3) is 0.778. The van der Waals surface area contributed by atoms with Gasteiger partial charge in [-0.05, 0) is 39.7 Å². The zero-order chi connectivity index (χ0) is 18.4. The maximum Gasteiger partial charge on any atom is 0.191 e. The Bertz CT molecular complexity index is 591. The van der Waals surface area contributed by atoms with Crippen molar-refractivity contribution in [2.45, 2.75) is 58.6 Å². The molecule has 1 fully saturated rings. The first kappa shape index (κ1) is 19.7. The predicted octanol–water partition coefficient (Wildman–Crippen LogP) is 1.06. The van der Waals surface area contributed by atoms with Gasteiger partial charge in [0.25, 0.3) is 0 Å². The number of aromatic nitrogens is 2. The SMILES string of the molecule is CCNC(=NCC1(O)CCOCC1)NC(C)Cc1c(C)nn(C)c1C. The van der Waals surface area contributed by atoms with Crippen LogP contribution in [0.15, 0.2) is 4.99 Å². The molecule has 1 aromatic heterocycles. The molecule has 7 heteroatoms. The summed E-state index contributed by atoms with van der Waals surface area (Å²) in [6, 6.07) is 0.212. The second kappa shape index (κ2) is 8.67. The summed E-state index contributed by atoms with van der Waals surface area (Å²) in [4.78, 5) is 4.61. The van der Waals surface area contributed by atoms with Gasteiger partial charge >= 0.3 is 0 Å². The van der Waals surface area contributed by atoms with Crippen LogP contribution < -0.4 is 10.6 Å². The third kappa shape index (κ3) is 5.44. The van der Waals surface area contributed by atoms with Crippen molar-refractivity contribution in [1.82, 2.24) is 20.4 Å². The Labute approximate surface area is 150 Å². The lowest BCUT2D eigenvalue weighted by Crippen LogP contribution is -2.45. The monoisotopic (exact) mass is 351 g/mol. The summed E-state index contributed by atoms with van der Waals surface area (Å²) < 4.78 is 7.25. The van der Waals surface area contributed by atoms with Crippen LogP contribution in [0.5, 0.6) is 0 Å². The molecule has 0 aliphatic carbocycles. The van der Waals surface area contributed by atoms with Crippen LogP contribution in [0.25, 0.3) is 0 Å². The molecule has 7 nitrogen and oxygen atoms in total. The molecule has 1 aliphatic rings. The topological polar surface area (TPSA) is 83.7 Å². The highest BCUT2D eigenvalue weighted by molar-refractivity contribution is 5.80. The molecule has 1 atom stereocenters. The van der Waals surface area contributed by atoms with Gasteiger partial charge in [0.15, 0.2) is 5.96 Å². The van der Waals surface area contributed by atoms with E-state index in [9.17, 15) is 5.11 Å². The van der Waals surface area contributed by atoms with Gasteiger partial charge in [0.1, 0.15) is 0 Å².